The van der Waals surface area contributed by atoms with Crippen molar-refractivity contribution in [2.45, 2.75) is 0 Å². The van der Waals surface area contributed by atoms with Crippen LogP contribution < -0.4 is 10.8 Å². The molecular formula is C9H10BN3. The summed E-state index contributed by atoms with van der Waals surface area (Å²) in [4.78, 5) is 8.35. The Kier molecular flexibility index (Phi) is 1.89. The quantitative estimate of drug-likeness (QED) is 0.642. The highest BCUT2D eigenvalue weighted by Gasteiger charge is 1.96. The van der Waals surface area contributed by atoms with Crippen LogP contribution >= 0.6 is 0 Å². The average molecular weight is 171 g/mol. The summed E-state index contributed by atoms with van der Waals surface area (Å²) in [7, 11) is 7.41. The lowest BCUT2D eigenvalue weighted by molar-refractivity contribution is 1.20. The van der Waals surface area contributed by atoms with Gasteiger partial charge >= 0.3 is 0 Å². The Morgan fingerprint density at radius 1 is 1.46 bits per heavy atom. The Hall–Kier alpha value is -1.58. The number of benzene rings is 1. The number of nitrogens with zero attached hydrogens (tertiary/aromatic N) is 2. The summed E-state index contributed by atoms with van der Waals surface area (Å²) >= 11 is 0. The van der Waals surface area contributed by atoms with Crippen molar-refractivity contribution in [1.29, 1.82) is 0 Å². The lowest BCUT2D eigenvalue weighted by Crippen LogP contribution is -2.02. The summed E-state index contributed by atoms with van der Waals surface area (Å²) in [6, 6.07) is 5.57. The molecule has 13 heavy (non-hydrogen) atoms. The van der Waals surface area contributed by atoms with Crippen LogP contribution in [0.2, 0.25) is 0 Å². The molecule has 3 nitrogen and oxygen atoms in total. The van der Waals surface area contributed by atoms with Crippen molar-refractivity contribution >= 4 is 30.2 Å². The zero-order chi connectivity index (χ0) is 9.26. The molecule has 0 fully saturated rings. The second kappa shape index (κ2) is 3.05. The Bertz CT molecular complexity index is 447. The number of aromatic nitrogens is 2. The van der Waals surface area contributed by atoms with Crippen LogP contribution in [0.15, 0.2) is 24.4 Å². The Morgan fingerprint density at radius 3 is 3.08 bits per heavy atom. The van der Waals surface area contributed by atoms with E-state index in [0.717, 1.165) is 16.4 Å². The van der Waals surface area contributed by atoms with Gasteiger partial charge in [0.2, 0.25) is 5.95 Å². The topological polar surface area (TPSA) is 37.8 Å². The third-order valence-corrected chi connectivity index (χ3v) is 1.83. The molecule has 0 aliphatic carbocycles. The number of rotatable bonds is 1. The molecule has 2 aromatic rings. The zero-order valence-electron chi connectivity index (χ0n) is 7.28. The molecule has 1 aromatic heterocycles. The molecule has 0 aliphatic rings. The molecule has 0 saturated heterocycles. The molecule has 2 rings (SSSR count). The van der Waals surface area contributed by atoms with Crippen molar-refractivity contribution in [3.8, 4) is 0 Å². The molecule has 1 N–H and O–H groups in total. The maximum absolute atomic E-state index is 5.62. The summed E-state index contributed by atoms with van der Waals surface area (Å²) in [5.74, 6) is 0.622. The van der Waals surface area contributed by atoms with Gasteiger partial charge in [0.25, 0.3) is 0 Å². The highest BCUT2D eigenvalue weighted by atomic mass is 15.1. The van der Waals surface area contributed by atoms with E-state index < -0.39 is 0 Å². The van der Waals surface area contributed by atoms with Crippen molar-refractivity contribution in [3.63, 3.8) is 0 Å². The van der Waals surface area contributed by atoms with Crippen LogP contribution in [0.3, 0.4) is 0 Å². The smallest absolute Gasteiger partial charge is 0.222 e. The first kappa shape index (κ1) is 8.04. The van der Waals surface area contributed by atoms with Crippen molar-refractivity contribution < 1.29 is 1.43 Å². The first-order chi connectivity index (χ1) is 6.29. The average Bonchev–Trinajstić information content (AvgIpc) is 2.17. The second-order valence-electron chi connectivity index (χ2n) is 2.76. The van der Waals surface area contributed by atoms with Crippen LogP contribution in [0, 0.1) is 0 Å². The second-order valence-corrected chi connectivity index (χ2v) is 2.76. The van der Waals surface area contributed by atoms with E-state index in [-0.39, 0.29) is 1.43 Å². The molecule has 0 saturated carbocycles. The van der Waals surface area contributed by atoms with Gasteiger partial charge in [-0.05, 0) is 6.07 Å². The van der Waals surface area contributed by atoms with Gasteiger partial charge in [0.05, 0.1) is 5.52 Å². The highest BCUT2D eigenvalue weighted by molar-refractivity contribution is 6.33. The highest BCUT2D eigenvalue weighted by Crippen LogP contribution is 2.09. The fourth-order valence-electron chi connectivity index (χ4n) is 1.17. The van der Waals surface area contributed by atoms with Gasteiger partial charge in [-0.2, -0.15) is 0 Å². The summed E-state index contributed by atoms with van der Waals surface area (Å²) in [6.45, 7) is 0. The minimum Gasteiger partial charge on any atom is -0.357 e. The molecular weight excluding hydrogens is 161 g/mol. The summed E-state index contributed by atoms with van der Waals surface area (Å²) in [6.07, 6.45) is 1.75. The minimum absolute atomic E-state index is 0. The molecule has 64 valence electrons. The lowest BCUT2D eigenvalue weighted by Gasteiger charge is -2.01. The number of hydrogen-bond acceptors (Lipinski definition) is 3. The summed E-state index contributed by atoms with van der Waals surface area (Å²) in [5, 5.41) is 3.84. The maximum atomic E-state index is 5.62. The lowest BCUT2D eigenvalue weighted by atomic mass is 9.95. The van der Waals surface area contributed by atoms with Gasteiger partial charge in [-0.1, -0.05) is 17.6 Å². The normalized spacial score (nSPS) is 10.2. The van der Waals surface area contributed by atoms with Gasteiger partial charge in [-0.25, -0.2) is 9.97 Å². The number of fused-ring (bicyclic) bond motifs is 1. The van der Waals surface area contributed by atoms with E-state index in [4.69, 9.17) is 7.85 Å². The third kappa shape index (κ3) is 1.47. The maximum Gasteiger partial charge on any atom is 0.222 e. The molecule has 0 amide bonds. The SMILES string of the molecule is [B]c1ccc2nc(NC)ncc2c1.[HH]. The van der Waals surface area contributed by atoms with Gasteiger partial charge in [0.1, 0.15) is 7.85 Å². The molecule has 0 aliphatic heterocycles. The van der Waals surface area contributed by atoms with Crippen LogP contribution in [0.5, 0.6) is 0 Å². The number of hydrogen-bond donors (Lipinski definition) is 1. The molecule has 1 heterocycles. The van der Waals surface area contributed by atoms with Crippen LogP contribution in [0.1, 0.15) is 1.43 Å². The Labute approximate surface area is 79.1 Å². The molecule has 0 bridgehead atoms. The number of anilines is 1. The predicted octanol–water partition coefficient (Wildman–Crippen LogP) is 0.711. The molecule has 0 spiro atoms. The van der Waals surface area contributed by atoms with E-state index >= 15 is 0 Å². The first-order valence-corrected chi connectivity index (χ1v) is 3.99. The standard InChI is InChI=1S/C9H8BN3.H2/c1-11-9-12-5-6-4-7(10)2-3-8(6)13-9;/h2-5H,1H3,(H,11,12,13);1H. The molecule has 1 aromatic carbocycles. The van der Waals surface area contributed by atoms with E-state index in [2.05, 4.69) is 15.3 Å². The van der Waals surface area contributed by atoms with Gasteiger partial charge in [-0.3, -0.25) is 0 Å². The van der Waals surface area contributed by atoms with Gasteiger partial charge < -0.3 is 5.32 Å². The number of nitrogens with one attached hydrogen (secondary N) is 1. The van der Waals surface area contributed by atoms with E-state index in [1.165, 1.54) is 0 Å². The largest absolute Gasteiger partial charge is 0.357 e. The van der Waals surface area contributed by atoms with E-state index in [9.17, 15) is 0 Å². The van der Waals surface area contributed by atoms with E-state index in [0.29, 0.717) is 5.95 Å². The van der Waals surface area contributed by atoms with Gasteiger partial charge in [0.15, 0.2) is 0 Å². The van der Waals surface area contributed by atoms with Crippen molar-refractivity contribution in [2.24, 2.45) is 0 Å². The Balaban J connectivity index is 0.000000980. The Morgan fingerprint density at radius 2 is 2.31 bits per heavy atom. The summed E-state index contributed by atoms with van der Waals surface area (Å²) < 4.78 is 0. The minimum atomic E-state index is 0. The first-order valence-electron chi connectivity index (χ1n) is 3.99. The van der Waals surface area contributed by atoms with Crippen molar-refractivity contribution in [3.05, 3.63) is 24.4 Å². The monoisotopic (exact) mass is 171 g/mol. The molecule has 2 radical (unpaired) electrons. The van der Waals surface area contributed by atoms with Crippen LogP contribution in [0.25, 0.3) is 10.9 Å². The fraction of sp³-hybridized carbons (Fsp3) is 0.111. The van der Waals surface area contributed by atoms with Gasteiger partial charge in [0, 0.05) is 20.1 Å². The van der Waals surface area contributed by atoms with Crippen LogP contribution in [0.4, 0.5) is 5.95 Å². The molecule has 0 atom stereocenters. The van der Waals surface area contributed by atoms with Crippen LogP contribution in [-0.4, -0.2) is 24.9 Å². The molecule has 4 heteroatoms. The van der Waals surface area contributed by atoms with E-state index in [1.807, 2.05) is 18.2 Å². The van der Waals surface area contributed by atoms with E-state index in [1.54, 1.807) is 13.2 Å². The van der Waals surface area contributed by atoms with Crippen LogP contribution in [-0.2, 0) is 0 Å². The van der Waals surface area contributed by atoms with Crippen molar-refractivity contribution in [1.82, 2.24) is 9.97 Å². The van der Waals surface area contributed by atoms with Gasteiger partial charge in [-0.15, -0.1) is 0 Å². The molecule has 0 unspecified atom stereocenters. The zero-order valence-corrected chi connectivity index (χ0v) is 7.28. The fourth-order valence-corrected chi connectivity index (χ4v) is 1.17. The predicted molar refractivity (Wildman–Crippen MR) is 56.6 cm³/mol. The third-order valence-electron chi connectivity index (χ3n) is 1.83. The van der Waals surface area contributed by atoms with Crippen molar-refractivity contribution in [2.75, 3.05) is 12.4 Å². The summed E-state index contributed by atoms with van der Waals surface area (Å²) in [5.41, 5.74) is 1.63.